The minimum absolute atomic E-state index is 0.0570. The first-order chi connectivity index (χ1) is 14.0. The van der Waals surface area contributed by atoms with Gasteiger partial charge in [0.05, 0.1) is 31.6 Å². The van der Waals surface area contributed by atoms with Gasteiger partial charge in [0, 0.05) is 46.8 Å². The van der Waals surface area contributed by atoms with Crippen molar-refractivity contribution < 1.29 is 4.74 Å². The van der Waals surface area contributed by atoms with Gasteiger partial charge >= 0.3 is 0 Å². The molecule has 2 aromatic heterocycles. The van der Waals surface area contributed by atoms with Crippen LogP contribution in [0, 0.1) is 6.92 Å². The molecule has 0 radical (unpaired) electrons. The van der Waals surface area contributed by atoms with Crippen molar-refractivity contribution in [3.8, 4) is 28.1 Å². The summed E-state index contributed by atoms with van der Waals surface area (Å²) in [7, 11) is 1.70. The van der Waals surface area contributed by atoms with Gasteiger partial charge < -0.3 is 9.75 Å². The molecule has 1 aliphatic carbocycles. The summed E-state index contributed by atoms with van der Waals surface area (Å²) >= 11 is 0. The summed E-state index contributed by atoms with van der Waals surface area (Å²) in [6.45, 7) is 6.99. The summed E-state index contributed by atoms with van der Waals surface area (Å²) in [6.07, 6.45) is 8.40. The van der Waals surface area contributed by atoms with Gasteiger partial charge in [-0.15, -0.1) is 0 Å². The van der Waals surface area contributed by atoms with E-state index in [2.05, 4.69) is 51.6 Å². The predicted octanol–water partition coefficient (Wildman–Crippen LogP) is 3.89. The van der Waals surface area contributed by atoms with E-state index >= 15 is 0 Å². The second-order valence-corrected chi connectivity index (χ2v) is 8.39. The van der Waals surface area contributed by atoms with E-state index in [0.29, 0.717) is 12.1 Å². The van der Waals surface area contributed by atoms with Crippen molar-refractivity contribution in [2.45, 2.75) is 52.2 Å². The quantitative estimate of drug-likeness (QED) is 0.678. The zero-order valence-corrected chi connectivity index (χ0v) is 17.3. The van der Waals surface area contributed by atoms with Gasteiger partial charge in [0.2, 0.25) is 0 Å². The van der Waals surface area contributed by atoms with E-state index in [-0.39, 0.29) is 5.43 Å². The topological polar surface area (TPSA) is 52.3 Å². The summed E-state index contributed by atoms with van der Waals surface area (Å²) in [5, 5.41) is 6.83. The third-order valence-corrected chi connectivity index (χ3v) is 5.96. The van der Waals surface area contributed by atoms with E-state index in [1.54, 1.807) is 13.2 Å². The molecule has 3 aromatic rings. The largest absolute Gasteiger partial charge is 0.496 e. The predicted molar refractivity (Wildman–Crippen MR) is 114 cm³/mol. The molecular weight excluding hydrogens is 364 g/mol. The molecule has 0 unspecified atom stereocenters. The second kappa shape index (κ2) is 6.51. The molecule has 0 atom stereocenters. The van der Waals surface area contributed by atoms with Crippen molar-refractivity contribution in [3.63, 3.8) is 0 Å². The third-order valence-electron chi connectivity index (χ3n) is 5.96. The molecule has 1 fully saturated rings. The normalized spacial score (nSPS) is 15.4. The van der Waals surface area contributed by atoms with Crippen LogP contribution in [0.5, 0.6) is 5.75 Å². The average Bonchev–Trinajstić information content (AvgIpc) is 3.44. The highest BCUT2D eigenvalue weighted by Gasteiger charge is 2.27. The van der Waals surface area contributed by atoms with Crippen LogP contribution in [-0.4, -0.2) is 27.6 Å². The molecule has 2 aliphatic rings. The number of methoxy groups -OCH3 is 1. The Morgan fingerprint density at radius 2 is 1.93 bits per heavy atom. The van der Waals surface area contributed by atoms with Gasteiger partial charge in [-0.25, -0.2) is 0 Å². The van der Waals surface area contributed by atoms with E-state index < -0.39 is 0 Å². The third kappa shape index (κ3) is 2.94. The lowest BCUT2D eigenvalue weighted by Crippen LogP contribution is -2.43. The molecule has 3 heterocycles. The Balaban J connectivity index is 1.69. The van der Waals surface area contributed by atoms with Crippen LogP contribution in [0.25, 0.3) is 22.4 Å². The molecule has 0 saturated heterocycles. The number of nitrogens with zero attached hydrogens (tertiary/aromatic N) is 4. The highest BCUT2D eigenvalue weighted by atomic mass is 16.5. The molecule has 5 rings (SSSR count). The number of ether oxygens (including phenoxy) is 1. The van der Waals surface area contributed by atoms with Gasteiger partial charge in [-0.05, 0) is 51.3 Å². The fourth-order valence-electron chi connectivity index (χ4n) is 4.12. The first-order valence-electron chi connectivity index (χ1n) is 10.2. The van der Waals surface area contributed by atoms with Crippen LogP contribution < -0.4 is 15.2 Å². The summed E-state index contributed by atoms with van der Waals surface area (Å²) in [4.78, 5) is 12.4. The monoisotopic (exact) mass is 390 g/mol. The Labute approximate surface area is 170 Å². The van der Waals surface area contributed by atoms with Gasteiger partial charge in [0.15, 0.2) is 5.43 Å². The van der Waals surface area contributed by atoms with Crippen molar-refractivity contribution in [1.82, 2.24) is 14.5 Å². The Hall–Kier alpha value is -3.02. The minimum atomic E-state index is 0.0570. The summed E-state index contributed by atoms with van der Waals surface area (Å²) in [5.74, 6) is 0.802. The lowest BCUT2D eigenvalue weighted by molar-refractivity contribution is 0.416. The lowest BCUT2D eigenvalue weighted by atomic mass is 9.95. The number of aromatic nitrogens is 3. The summed E-state index contributed by atoms with van der Waals surface area (Å²) < 4.78 is 9.94. The van der Waals surface area contributed by atoms with Crippen molar-refractivity contribution in [2.75, 3.05) is 12.1 Å². The van der Waals surface area contributed by atoms with Crippen LogP contribution in [0.4, 0.5) is 0 Å². The number of pyridine rings is 1. The van der Waals surface area contributed by atoms with Gasteiger partial charge in [-0.3, -0.25) is 14.2 Å². The Morgan fingerprint density at radius 1 is 1.14 bits per heavy atom. The number of fused-ring (bicyclic) bond motifs is 3. The molecule has 6 nitrogen and oxygen atoms in total. The van der Waals surface area contributed by atoms with Crippen molar-refractivity contribution in [1.29, 1.82) is 0 Å². The van der Waals surface area contributed by atoms with Gasteiger partial charge in [-0.2, -0.15) is 5.10 Å². The maximum Gasteiger partial charge on any atom is 0.185 e. The van der Waals surface area contributed by atoms with E-state index in [0.717, 1.165) is 40.2 Å². The van der Waals surface area contributed by atoms with Crippen LogP contribution in [-0.2, 0) is 6.54 Å². The van der Waals surface area contributed by atoms with Gasteiger partial charge in [0.1, 0.15) is 5.75 Å². The molecule has 29 heavy (non-hydrogen) atoms. The molecular formula is C23H26N4O2. The first kappa shape index (κ1) is 18.0. The molecule has 6 heteroatoms. The van der Waals surface area contributed by atoms with Crippen LogP contribution in [0.2, 0.25) is 0 Å². The van der Waals surface area contributed by atoms with E-state index in [9.17, 15) is 4.79 Å². The molecule has 0 spiro atoms. The van der Waals surface area contributed by atoms with E-state index in [1.165, 1.54) is 18.4 Å². The Kier molecular flexibility index (Phi) is 4.05. The molecule has 0 bridgehead atoms. The number of aryl methyl sites for hydroxylation is 1. The van der Waals surface area contributed by atoms with Crippen LogP contribution in [0.15, 0.2) is 41.6 Å². The zero-order valence-electron chi connectivity index (χ0n) is 17.3. The molecule has 1 saturated carbocycles. The van der Waals surface area contributed by atoms with Gasteiger partial charge in [0.25, 0.3) is 0 Å². The standard InChI is InChI=1S/C23H26N4O2/c1-14(2)26-13-16-7-20(17-10-24-25(12-17)18-5-6-18)23(29-4)8-19(16)21-9-22(28)15(3)11-27(21)26/h7-12,14,18H,5-6,13H2,1-4H3. The van der Waals surface area contributed by atoms with E-state index in [4.69, 9.17) is 4.74 Å². The van der Waals surface area contributed by atoms with E-state index in [1.807, 2.05) is 19.3 Å². The number of hydrogen-bond donors (Lipinski definition) is 0. The van der Waals surface area contributed by atoms with Gasteiger partial charge in [-0.1, -0.05) is 0 Å². The van der Waals surface area contributed by atoms with Crippen LogP contribution >= 0.6 is 0 Å². The number of hydrogen-bond acceptors (Lipinski definition) is 4. The molecule has 1 aliphatic heterocycles. The molecule has 0 N–H and O–H groups in total. The summed E-state index contributed by atoms with van der Waals surface area (Å²) in [5.41, 5.74) is 6.07. The number of rotatable bonds is 4. The minimum Gasteiger partial charge on any atom is -0.496 e. The lowest BCUT2D eigenvalue weighted by Gasteiger charge is -2.38. The molecule has 1 aromatic carbocycles. The second-order valence-electron chi connectivity index (χ2n) is 8.39. The Morgan fingerprint density at radius 3 is 2.62 bits per heavy atom. The van der Waals surface area contributed by atoms with Crippen molar-refractivity contribution in [3.05, 3.63) is 58.1 Å². The average molecular weight is 390 g/mol. The maximum absolute atomic E-state index is 12.4. The molecule has 0 amide bonds. The maximum atomic E-state index is 12.4. The fraction of sp³-hybridized carbons (Fsp3) is 0.391. The Bertz CT molecular complexity index is 1150. The van der Waals surface area contributed by atoms with Crippen LogP contribution in [0.1, 0.15) is 43.9 Å². The molecule has 150 valence electrons. The smallest absolute Gasteiger partial charge is 0.185 e. The van der Waals surface area contributed by atoms with Crippen molar-refractivity contribution in [2.24, 2.45) is 0 Å². The SMILES string of the molecule is COc1cc2c(cc1-c1cnn(C3CC3)c1)CN(C(C)C)n1cc(C)c(=O)cc1-2. The summed E-state index contributed by atoms with van der Waals surface area (Å²) in [6, 6.07) is 6.86. The highest BCUT2D eigenvalue weighted by molar-refractivity contribution is 5.78. The first-order valence-corrected chi connectivity index (χ1v) is 10.2. The van der Waals surface area contributed by atoms with Crippen molar-refractivity contribution >= 4 is 0 Å². The van der Waals surface area contributed by atoms with Crippen LogP contribution in [0.3, 0.4) is 0 Å². The highest BCUT2D eigenvalue weighted by Crippen LogP contribution is 2.41. The fourth-order valence-corrected chi connectivity index (χ4v) is 4.12. The number of benzene rings is 1. The zero-order chi connectivity index (χ0) is 20.3.